The molecule has 0 aliphatic rings. The molecule has 0 aliphatic carbocycles. The number of nitro benzene ring substituents is 1. The number of nitro groups is 1. The summed E-state index contributed by atoms with van der Waals surface area (Å²) in [6, 6.07) is 13.9. The Bertz CT molecular complexity index is 1060. The lowest BCUT2D eigenvalue weighted by Crippen LogP contribution is -2.08. The molecule has 0 amide bonds. The number of nitrogens with one attached hydrogen (secondary N) is 1. The zero-order valence-electron chi connectivity index (χ0n) is 15.7. The summed E-state index contributed by atoms with van der Waals surface area (Å²) in [5.74, 6) is 0.0364. The second-order valence-corrected chi connectivity index (χ2v) is 6.11. The van der Waals surface area contributed by atoms with E-state index in [-0.39, 0.29) is 11.3 Å². The third-order valence-electron chi connectivity index (χ3n) is 3.74. The first-order valence-corrected chi connectivity index (χ1v) is 8.59. The highest BCUT2D eigenvalue weighted by molar-refractivity contribution is 5.91. The number of carbonyl (C=O) groups excluding carboxylic acids is 1. The number of aryl methyl sites for hydroxylation is 2. The number of hydrazone groups is 1. The molecule has 0 saturated carbocycles. The highest BCUT2D eigenvalue weighted by atomic mass is 16.6. The Labute approximate surface area is 166 Å². The number of hydrogen-bond donors (Lipinski definition) is 1. The van der Waals surface area contributed by atoms with Crippen LogP contribution in [0.4, 0.5) is 11.6 Å². The number of benzene rings is 2. The molecule has 0 unspecified atom stereocenters. The van der Waals surface area contributed by atoms with E-state index in [4.69, 9.17) is 4.74 Å². The minimum absolute atomic E-state index is 0.0995. The van der Waals surface area contributed by atoms with Crippen LogP contribution in [0, 0.1) is 24.0 Å². The Morgan fingerprint density at radius 1 is 1.10 bits per heavy atom. The molecule has 29 heavy (non-hydrogen) atoms. The average Bonchev–Trinajstić information content (AvgIpc) is 2.68. The van der Waals surface area contributed by atoms with Gasteiger partial charge in [-0.25, -0.2) is 20.2 Å². The highest BCUT2D eigenvalue weighted by Gasteiger charge is 2.13. The van der Waals surface area contributed by atoms with Gasteiger partial charge < -0.3 is 4.74 Å². The Kier molecular flexibility index (Phi) is 5.88. The monoisotopic (exact) mass is 391 g/mol. The molecule has 146 valence electrons. The number of ether oxygens (including phenoxy) is 1. The van der Waals surface area contributed by atoms with Crippen molar-refractivity contribution in [1.29, 1.82) is 0 Å². The van der Waals surface area contributed by atoms with Gasteiger partial charge in [0.2, 0.25) is 5.95 Å². The molecule has 0 aliphatic heterocycles. The van der Waals surface area contributed by atoms with Crippen molar-refractivity contribution in [3.63, 3.8) is 0 Å². The maximum Gasteiger partial charge on any atom is 0.343 e. The molecule has 3 rings (SSSR count). The van der Waals surface area contributed by atoms with Crippen molar-refractivity contribution in [2.45, 2.75) is 13.8 Å². The molecule has 0 spiro atoms. The lowest BCUT2D eigenvalue weighted by Gasteiger charge is -2.05. The van der Waals surface area contributed by atoms with E-state index in [9.17, 15) is 14.9 Å². The quantitative estimate of drug-likeness (QED) is 0.224. The van der Waals surface area contributed by atoms with Gasteiger partial charge in [0.1, 0.15) is 5.75 Å². The normalized spacial score (nSPS) is 10.7. The summed E-state index contributed by atoms with van der Waals surface area (Å²) in [6.45, 7) is 3.74. The summed E-state index contributed by atoms with van der Waals surface area (Å²) < 4.78 is 5.25. The maximum atomic E-state index is 12.2. The molecular formula is C20H17N5O4. The van der Waals surface area contributed by atoms with E-state index < -0.39 is 10.9 Å². The maximum absolute atomic E-state index is 12.2. The molecule has 0 bridgehead atoms. The van der Waals surface area contributed by atoms with Crippen molar-refractivity contribution in [3.05, 3.63) is 87.2 Å². The van der Waals surface area contributed by atoms with E-state index in [0.717, 1.165) is 17.0 Å². The van der Waals surface area contributed by atoms with Crippen LogP contribution in [-0.4, -0.2) is 27.1 Å². The molecule has 1 aromatic heterocycles. The molecule has 0 radical (unpaired) electrons. The fraction of sp³-hybridized carbons (Fsp3) is 0.100. The predicted octanol–water partition coefficient (Wildman–Crippen LogP) is 3.67. The SMILES string of the molecule is Cc1cc(C)nc(N/N=C\c2ccc(OC(=O)c3cccc([N+](=O)[O-])c3)cc2)n1. The van der Waals surface area contributed by atoms with Crippen LogP contribution in [0.25, 0.3) is 0 Å². The molecule has 0 atom stereocenters. The van der Waals surface area contributed by atoms with Crippen LogP contribution in [0.15, 0.2) is 59.7 Å². The average molecular weight is 391 g/mol. The van der Waals surface area contributed by atoms with Crippen molar-refractivity contribution in [1.82, 2.24) is 9.97 Å². The van der Waals surface area contributed by atoms with Gasteiger partial charge in [0.25, 0.3) is 5.69 Å². The van der Waals surface area contributed by atoms with Gasteiger partial charge in [-0.3, -0.25) is 10.1 Å². The standard InChI is InChI=1S/C20H17N5O4/c1-13-10-14(2)23-20(22-13)24-21-12-15-6-8-18(9-7-15)29-19(26)16-4-3-5-17(11-16)25(27)28/h3-12H,1-2H3,(H,22,23,24)/b21-12-. The summed E-state index contributed by atoms with van der Waals surface area (Å²) >= 11 is 0. The summed E-state index contributed by atoms with van der Waals surface area (Å²) in [4.78, 5) is 30.8. The number of aromatic nitrogens is 2. The van der Waals surface area contributed by atoms with Gasteiger partial charge in [0, 0.05) is 23.5 Å². The van der Waals surface area contributed by atoms with Crippen molar-refractivity contribution in [2.75, 3.05) is 5.43 Å². The smallest absolute Gasteiger partial charge is 0.343 e. The second kappa shape index (κ2) is 8.70. The van der Waals surface area contributed by atoms with E-state index in [1.54, 1.807) is 30.5 Å². The summed E-state index contributed by atoms with van der Waals surface area (Å²) in [6.07, 6.45) is 1.58. The fourth-order valence-corrected chi connectivity index (χ4v) is 2.47. The van der Waals surface area contributed by atoms with Crippen LogP contribution >= 0.6 is 0 Å². The number of non-ortho nitro benzene ring substituents is 1. The minimum Gasteiger partial charge on any atom is -0.423 e. The summed E-state index contributed by atoms with van der Waals surface area (Å²) in [7, 11) is 0. The number of carbonyl (C=O) groups is 1. The topological polar surface area (TPSA) is 120 Å². The zero-order chi connectivity index (χ0) is 20.8. The van der Waals surface area contributed by atoms with Gasteiger partial charge in [0.05, 0.1) is 16.7 Å². The van der Waals surface area contributed by atoms with Gasteiger partial charge in [-0.15, -0.1) is 0 Å². The largest absolute Gasteiger partial charge is 0.423 e. The van der Waals surface area contributed by atoms with E-state index in [1.165, 1.54) is 24.3 Å². The van der Waals surface area contributed by atoms with Gasteiger partial charge >= 0.3 is 5.97 Å². The molecule has 2 aromatic carbocycles. The van der Waals surface area contributed by atoms with Crippen LogP contribution < -0.4 is 10.2 Å². The van der Waals surface area contributed by atoms with Gasteiger partial charge in [-0.2, -0.15) is 5.10 Å². The minimum atomic E-state index is -0.677. The van der Waals surface area contributed by atoms with Crippen LogP contribution in [-0.2, 0) is 0 Å². The van der Waals surface area contributed by atoms with Crippen LogP contribution in [0.2, 0.25) is 0 Å². The van der Waals surface area contributed by atoms with Gasteiger partial charge in [-0.05, 0) is 55.8 Å². The number of nitrogens with zero attached hydrogens (tertiary/aromatic N) is 4. The van der Waals surface area contributed by atoms with Crippen molar-refractivity contribution in [3.8, 4) is 5.75 Å². The number of hydrogen-bond acceptors (Lipinski definition) is 8. The van der Waals surface area contributed by atoms with Crippen LogP contribution in [0.1, 0.15) is 27.3 Å². The Balaban J connectivity index is 1.61. The Hall–Kier alpha value is -4.14. The third-order valence-corrected chi connectivity index (χ3v) is 3.74. The third kappa shape index (κ3) is 5.42. The fourth-order valence-electron chi connectivity index (χ4n) is 2.47. The van der Waals surface area contributed by atoms with Crippen molar-refractivity contribution in [2.24, 2.45) is 5.10 Å². The highest BCUT2D eigenvalue weighted by Crippen LogP contribution is 2.17. The lowest BCUT2D eigenvalue weighted by atomic mass is 10.2. The Morgan fingerprint density at radius 2 is 1.79 bits per heavy atom. The second-order valence-electron chi connectivity index (χ2n) is 6.11. The lowest BCUT2D eigenvalue weighted by molar-refractivity contribution is -0.384. The first-order chi connectivity index (χ1) is 13.9. The molecule has 0 fully saturated rings. The molecule has 1 N–H and O–H groups in total. The number of anilines is 1. The predicted molar refractivity (Wildman–Crippen MR) is 107 cm³/mol. The first-order valence-electron chi connectivity index (χ1n) is 8.59. The van der Waals surface area contributed by atoms with Gasteiger partial charge in [0.15, 0.2) is 0 Å². The van der Waals surface area contributed by atoms with Crippen LogP contribution in [0.3, 0.4) is 0 Å². The number of rotatable bonds is 6. The molecular weight excluding hydrogens is 374 g/mol. The molecule has 3 aromatic rings. The molecule has 9 heteroatoms. The van der Waals surface area contributed by atoms with E-state index in [2.05, 4.69) is 20.5 Å². The van der Waals surface area contributed by atoms with Gasteiger partial charge in [-0.1, -0.05) is 6.07 Å². The van der Waals surface area contributed by atoms with Crippen molar-refractivity contribution < 1.29 is 14.5 Å². The Morgan fingerprint density at radius 3 is 2.45 bits per heavy atom. The number of esters is 1. The van der Waals surface area contributed by atoms with E-state index in [1.807, 2.05) is 19.9 Å². The summed E-state index contributed by atoms with van der Waals surface area (Å²) in [5, 5.41) is 14.9. The van der Waals surface area contributed by atoms with E-state index >= 15 is 0 Å². The van der Waals surface area contributed by atoms with Crippen molar-refractivity contribution >= 4 is 23.8 Å². The van der Waals surface area contributed by atoms with E-state index in [0.29, 0.717) is 11.7 Å². The molecule has 0 saturated heterocycles. The molecule has 9 nitrogen and oxygen atoms in total. The summed E-state index contributed by atoms with van der Waals surface area (Å²) in [5.41, 5.74) is 5.13. The molecule has 1 heterocycles. The zero-order valence-corrected chi connectivity index (χ0v) is 15.7. The van der Waals surface area contributed by atoms with Crippen LogP contribution in [0.5, 0.6) is 5.75 Å². The first kappa shape index (κ1) is 19.6.